The lowest BCUT2D eigenvalue weighted by atomic mass is 9.85. The van der Waals surface area contributed by atoms with Gasteiger partial charge < -0.3 is 40.8 Å². The Balaban J connectivity index is 2.69. The molecule has 0 aromatic carbocycles. The van der Waals surface area contributed by atoms with Gasteiger partial charge in [-0.05, 0) is 44.3 Å². The molecule has 0 radical (unpaired) electrons. The Morgan fingerprint density at radius 2 is 1.77 bits per heavy atom. The Morgan fingerprint density at radius 1 is 1.09 bits per heavy atom. The van der Waals surface area contributed by atoms with Crippen molar-refractivity contribution in [2.45, 2.75) is 65.0 Å². The lowest BCUT2D eigenvalue weighted by Crippen LogP contribution is -2.37. The monoisotopic (exact) mass is 602 g/mol. The van der Waals surface area contributed by atoms with Crippen molar-refractivity contribution < 1.29 is 43.2 Å². The fourth-order valence-corrected chi connectivity index (χ4v) is 5.00. The smallest absolute Gasteiger partial charge is 0.405 e. The third kappa shape index (κ3) is 9.46. The maximum Gasteiger partial charge on any atom is 0.405 e. The summed E-state index contributed by atoms with van der Waals surface area (Å²) in [7, 11) is 4.23. The standard InChI is InChI=1S/C30H42N4O9/c1-15-11-19-25(36)20(14-21(27(19)42-7)34-29(31)38)33-28(37)16(2)9-8-10-22(40-5)26(43-30(32)39)18(4)13-17(3)24(35)23(12-15)41-6/h8-10,13-15,17,22-24,26,35H,11-12H2,1-7H3,(H2,31,38)(H2,32,39)(H,33,37)/b10-8-,16-9+,18-13+,34-21+/t15-,17+,22+,23+,24-,26+/m1/s1. The van der Waals surface area contributed by atoms with Gasteiger partial charge in [0.2, 0.25) is 5.78 Å². The van der Waals surface area contributed by atoms with E-state index in [4.69, 9.17) is 30.4 Å². The number of nitrogens with one attached hydrogen (secondary N) is 1. The first-order valence-electron chi connectivity index (χ1n) is 13.7. The number of aliphatic hydroxyl groups is 1. The van der Waals surface area contributed by atoms with Gasteiger partial charge in [0.25, 0.3) is 5.91 Å². The van der Waals surface area contributed by atoms with Crippen molar-refractivity contribution in [3.8, 4) is 0 Å². The Bertz CT molecular complexity index is 1280. The van der Waals surface area contributed by atoms with E-state index in [0.29, 0.717) is 12.0 Å². The summed E-state index contributed by atoms with van der Waals surface area (Å²) in [4.78, 5) is 53.8. The van der Waals surface area contributed by atoms with E-state index in [0.717, 1.165) is 0 Å². The fraction of sp³-hybridized carbons (Fsp3) is 0.500. The van der Waals surface area contributed by atoms with Gasteiger partial charge in [0.15, 0.2) is 11.9 Å². The van der Waals surface area contributed by atoms with Gasteiger partial charge in [-0.15, -0.1) is 0 Å². The van der Waals surface area contributed by atoms with E-state index >= 15 is 0 Å². The van der Waals surface area contributed by atoms with Crippen LogP contribution in [0.4, 0.5) is 9.59 Å². The molecule has 0 fully saturated rings. The van der Waals surface area contributed by atoms with Crippen LogP contribution in [0, 0.1) is 11.8 Å². The quantitative estimate of drug-likeness (QED) is 0.275. The molecule has 236 valence electrons. The second kappa shape index (κ2) is 16.0. The average molecular weight is 603 g/mol. The molecule has 4 amide bonds. The summed E-state index contributed by atoms with van der Waals surface area (Å²) in [5, 5.41) is 13.8. The minimum absolute atomic E-state index is 0.0134. The molecule has 6 N–H and O–H groups in total. The molecule has 0 spiro atoms. The van der Waals surface area contributed by atoms with Gasteiger partial charge in [-0.2, -0.15) is 4.99 Å². The number of hydrogen-bond donors (Lipinski definition) is 4. The van der Waals surface area contributed by atoms with Crippen molar-refractivity contribution >= 4 is 29.5 Å². The summed E-state index contributed by atoms with van der Waals surface area (Å²) in [6.45, 7) is 6.91. The van der Waals surface area contributed by atoms with Crippen LogP contribution in [0.1, 0.15) is 40.5 Å². The molecule has 2 aliphatic rings. The number of hydrogen-bond acceptors (Lipinski definition) is 9. The van der Waals surface area contributed by atoms with Crippen LogP contribution in [-0.2, 0) is 28.5 Å². The molecule has 0 saturated heterocycles. The number of nitrogens with two attached hydrogens (primary N) is 2. The van der Waals surface area contributed by atoms with Crippen LogP contribution in [0.15, 0.2) is 63.5 Å². The first-order chi connectivity index (χ1) is 20.2. The summed E-state index contributed by atoms with van der Waals surface area (Å²) < 4.78 is 22.0. The molecule has 0 saturated carbocycles. The van der Waals surface area contributed by atoms with Crippen LogP contribution in [0.25, 0.3) is 0 Å². The number of primary amides is 2. The number of carbonyl (C=O) groups is 4. The number of ketones is 1. The van der Waals surface area contributed by atoms with E-state index in [2.05, 4.69) is 10.3 Å². The highest BCUT2D eigenvalue weighted by Crippen LogP contribution is 2.30. The van der Waals surface area contributed by atoms with Gasteiger partial charge in [-0.25, -0.2) is 9.59 Å². The van der Waals surface area contributed by atoms with Gasteiger partial charge >= 0.3 is 12.1 Å². The number of aliphatic hydroxyl groups excluding tert-OH is 1. The number of methoxy groups -OCH3 is 3. The predicted molar refractivity (Wildman–Crippen MR) is 159 cm³/mol. The molecule has 43 heavy (non-hydrogen) atoms. The van der Waals surface area contributed by atoms with Crippen molar-refractivity contribution in [2.75, 3.05) is 21.3 Å². The number of carbonyl (C=O) groups excluding carboxylic acids is 4. The summed E-state index contributed by atoms with van der Waals surface area (Å²) in [6.07, 6.45) is 3.66. The minimum atomic E-state index is -1.01. The number of nitrogens with zero attached hydrogens (tertiary/aromatic N) is 1. The van der Waals surface area contributed by atoms with E-state index in [1.807, 2.05) is 6.92 Å². The maximum absolute atomic E-state index is 13.6. The molecule has 0 aromatic heterocycles. The van der Waals surface area contributed by atoms with E-state index in [9.17, 15) is 24.3 Å². The van der Waals surface area contributed by atoms with Crippen LogP contribution < -0.4 is 16.8 Å². The number of amides is 4. The SMILES string of the molecule is COC1=C2C[C@@H](C)C[C@H](OC)[C@H](O)[C@@H](C)/C=C(\C)[C@H](OC(N)=O)[C@@H](OC)/C=C\C=C(/C)C(=O)NC(=C/C1=N\C(N)=O)C2=O. The van der Waals surface area contributed by atoms with Gasteiger partial charge in [0, 0.05) is 31.3 Å². The normalized spacial score (nSPS) is 32.1. The second-order valence-corrected chi connectivity index (χ2v) is 10.6. The van der Waals surface area contributed by atoms with Crippen molar-refractivity contribution in [1.82, 2.24) is 5.32 Å². The Morgan fingerprint density at radius 3 is 2.33 bits per heavy atom. The molecule has 0 aromatic rings. The van der Waals surface area contributed by atoms with Crippen LogP contribution in [-0.4, -0.2) is 80.4 Å². The first-order valence-corrected chi connectivity index (χ1v) is 13.7. The summed E-state index contributed by atoms with van der Waals surface area (Å²) in [5.74, 6) is -1.77. The summed E-state index contributed by atoms with van der Waals surface area (Å²) in [6, 6.07) is -1.01. The molecule has 1 heterocycles. The predicted octanol–water partition coefficient (Wildman–Crippen LogP) is 2.36. The van der Waals surface area contributed by atoms with Gasteiger partial charge in [0.1, 0.15) is 11.8 Å². The third-order valence-electron chi connectivity index (χ3n) is 7.19. The van der Waals surface area contributed by atoms with Crippen molar-refractivity contribution in [1.29, 1.82) is 0 Å². The molecular weight excluding hydrogens is 560 g/mol. The van der Waals surface area contributed by atoms with Gasteiger partial charge in [-0.3, -0.25) is 9.59 Å². The minimum Gasteiger partial charge on any atom is -0.494 e. The maximum atomic E-state index is 13.6. The molecule has 13 nitrogen and oxygen atoms in total. The molecule has 6 atom stereocenters. The molecule has 13 heteroatoms. The zero-order valence-electron chi connectivity index (χ0n) is 25.6. The molecule has 2 bridgehead atoms. The van der Waals surface area contributed by atoms with E-state index in [1.54, 1.807) is 26.0 Å². The van der Waals surface area contributed by atoms with Gasteiger partial charge in [-0.1, -0.05) is 38.2 Å². The molecule has 1 aliphatic heterocycles. The zero-order chi connectivity index (χ0) is 32.4. The molecule has 0 unspecified atom stereocenters. The highest BCUT2D eigenvalue weighted by molar-refractivity contribution is 6.26. The number of fused-ring (bicyclic) bond motifs is 2. The lowest BCUT2D eigenvalue weighted by molar-refractivity contribution is -0.119. The van der Waals surface area contributed by atoms with Gasteiger partial charge in [0.05, 0.1) is 25.0 Å². The second-order valence-electron chi connectivity index (χ2n) is 10.6. The summed E-state index contributed by atoms with van der Waals surface area (Å²) in [5.41, 5.74) is 11.5. The third-order valence-corrected chi connectivity index (χ3v) is 7.19. The van der Waals surface area contributed by atoms with Crippen LogP contribution >= 0.6 is 0 Å². The van der Waals surface area contributed by atoms with Crippen LogP contribution in [0.5, 0.6) is 0 Å². The average Bonchev–Trinajstić information content (AvgIpc) is 2.93. The first kappa shape index (κ1) is 35.1. The number of allylic oxidation sites excluding steroid dienone is 4. The molecular formula is C30H42N4O9. The Kier molecular flexibility index (Phi) is 13.0. The zero-order valence-corrected chi connectivity index (χ0v) is 25.6. The van der Waals surface area contributed by atoms with Crippen LogP contribution in [0.2, 0.25) is 0 Å². The van der Waals surface area contributed by atoms with Crippen molar-refractivity contribution in [3.63, 3.8) is 0 Å². The number of rotatable bonds is 4. The van der Waals surface area contributed by atoms with Crippen LogP contribution in [0.3, 0.4) is 0 Å². The Labute approximate surface area is 251 Å². The van der Waals surface area contributed by atoms with Crippen molar-refractivity contribution in [2.24, 2.45) is 28.3 Å². The molecule has 2 rings (SSSR count). The van der Waals surface area contributed by atoms with E-state index < -0.39 is 54.1 Å². The largest absolute Gasteiger partial charge is 0.494 e. The highest BCUT2D eigenvalue weighted by atomic mass is 16.6. The topological polar surface area (TPSA) is 202 Å². The number of Topliss-reactive ketones (excluding diaryl/α,β-unsaturated/α-hetero) is 1. The lowest BCUT2D eigenvalue weighted by Gasteiger charge is -2.30. The number of aliphatic imine (C=N–C) groups is 1. The van der Waals surface area contributed by atoms with E-state index in [1.165, 1.54) is 46.5 Å². The highest BCUT2D eigenvalue weighted by Gasteiger charge is 2.33. The Hall–Kier alpha value is -4.07. The van der Waals surface area contributed by atoms with E-state index in [-0.39, 0.29) is 40.7 Å². The van der Waals surface area contributed by atoms with Crippen molar-refractivity contribution in [3.05, 3.63) is 58.6 Å². The molecule has 1 aliphatic carbocycles. The summed E-state index contributed by atoms with van der Waals surface area (Å²) >= 11 is 0. The number of urea groups is 1. The fourth-order valence-electron chi connectivity index (χ4n) is 5.00. The number of ether oxygens (including phenoxy) is 4.